The standard InChI is InChI=1S/C19H29N3O2/c1-24-18-8-3-2-7-17(18)22-10-9-14(13-22)12-21-19(23)15-5-4-6-16(20)11-15/h2-3,7-8,14-16H,4-6,9-13,20H2,1H3,(H,21,23)/t14-,15+,16-/m1/s1. The van der Waals surface area contributed by atoms with Gasteiger partial charge in [-0.15, -0.1) is 0 Å². The van der Waals surface area contributed by atoms with Crippen LogP contribution >= 0.6 is 0 Å². The molecule has 1 aromatic rings. The van der Waals surface area contributed by atoms with Crippen molar-refractivity contribution >= 4 is 11.6 Å². The summed E-state index contributed by atoms with van der Waals surface area (Å²) in [5, 5.41) is 3.16. The molecule has 3 rings (SSSR count). The van der Waals surface area contributed by atoms with Crippen molar-refractivity contribution in [1.82, 2.24) is 5.32 Å². The van der Waals surface area contributed by atoms with Crippen LogP contribution < -0.4 is 20.7 Å². The van der Waals surface area contributed by atoms with Crippen LogP contribution in [0.1, 0.15) is 32.1 Å². The molecule has 1 saturated carbocycles. The molecule has 2 fully saturated rings. The molecule has 5 heteroatoms. The Morgan fingerprint density at radius 3 is 2.96 bits per heavy atom. The number of benzene rings is 1. The molecule has 0 bridgehead atoms. The van der Waals surface area contributed by atoms with Gasteiger partial charge in [-0.3, -0.25) is 4.79 Å². The Bertz CT molecular complexity index is 563. The summed E-state index contributed by atoms with van der Waals surface area (Å²) in [5.74, 6) is 1.72. The molecule has 1 aromatic carbocycles. The van der Waals surface area contributed by atoms with E-state index in [1.54, 1.807) is 7.11 Å². The van der Waals surface area contributed by atoms with E-state index in [2.05, 4.69) is 16.3 Å². The number of hydrogen-bond donors (Lipinski definition) is 2. The molecule has 1 amide bonds. The van der Waals surface area contributed by atoms with Crippen molar-refractivity contribution in [2.45, 2.75) is 38.1 Å². The molecule has 5 nitrogen and oxygen atoms in total. The van der Waals surface area contributed by atoms with Crippen LogP contribution in [0.3, 0.4) is 0 Å². The molecule has 0 spiro atoms. The topological polar surface area (TPSA) is 67.6 Å². The summed E-state index contributed by atoms with van der Waals surface area (Å²) in [5.41, 5.74) is 7.14. The molecule has 2 aliphatic rings. The zero-order valence-electron chi connectivity index (χ0n) is 14.5. The molecule has 1 aliphatic heterocycles. The van der Waals surface area contributed by atoms with Crippen molar-refractivity contribution in [1.29, 1.82) is 0 Å². The second-order valence-corrected chi connectivity index (χ2v) is 7.14. The number of carbonyl (C=O) groups is 1. The summed E-state index contributed by atoms with van der Waals surface area (Å²) in [6, 6.07) is 8.33. The molecule has 0 unspecified atom stereocenters. The number of nitrogens with one attached hydrogen (secondary N) is 1. The quantitative estimate of drug-likeness (QED) is 0.867. The molecule has 3 N–H and O–H groups in total. The lowest BCUT2D eigenvalue weighted by Gasteiger charge is -2.26. The summed E-state index contributed by atoms with van der Waals surface area (Å²) in [6.07, 6.45) is 5.05. The van der Waals surface area contributed by atoms with E-state index in [-0.39, 0.29) is 17.9 Å². The number of rotatable bonds is 5. The molecule has 24 heavy (non-hydrogen) atoms. The van der Waals surface area contributed by atoms with Gasteiger partial charge in [-0.05, 0) is 43.7 Å². The van der Waals surface area contributed by atoms with Crippen LogP contribution in [0.5, 0.6) is 5.75 Å². The summed E-state index contributed by atoms with van der Waals surface area (Å²) >= 11 is 0. The van der Waals surface area contributed by atoms with Gasteiger partial charge in [0.15, 0.2) is 0 Å². The van der Waals surface area contributed by atoms with Crippen molar-refractivity contribution in [2.75, 3.05) is 31.6 Å². The predicted molar refractivity (Wildman–Crippen MR) is 96.3 cm³/mol. The summed E-state index contributed by atoms with van der Waals surface area (Å²) in [7, 11) is 1.71. The van der Waals surface area contributed by atoms with Gasteiger partial charge >= 0.3 is 0 Å². The van der Waals surface area contributed by atoms with Crippen molar-refractivity contribution < 1.29 is 9.53 Å². The Morgan fingerprint density at radius 1 is 1.33 bits per heavy atom. The number of hydrogen-bond acceptors (Lipinski definition) is 4. The molecule has 0 aromatic heterocycles. The fourth-order valence-corrected chi connectivity index (χ4v) is 3.96. The van der Waals surface area contributed by atoms with Gasteiger partial charge in [0.1, 0.15) is 5.75 Å². The molecule has 1 aliphatic carbocycles. The van der Waals surface area contributed by atoms with Crippen LogP contribution in [0.25, 0.3) is 0 Å². The van der Waals surface area contributed by atoms with Crippen molar-refractivity contribution in [2.24, 2.45) is 17.6 Å². The number of amides is 1. The minimum atomic E-state index is 0.112. The Kier molecular flexibility index (Phi) is 5.61. The number of carbonyl (C=O) groups excluding carboxylic acids is 1. The molecule has 1 saturated heterocycles. The number of nitrogens with two attached hydrogens (primary N) is 1. The van der Waals surface area contributed by atoms with E-state index in [9.17, 15) is 4.79 Å². The predicted octanol–water partition coefficient (Wildman–Crippen LogP) is 2.16. The number of nitrogens with zero attached hydrogens (tertiary/aromatic N) is 1. The van der Waals surface area contributed by atoms with Gasteiger partial charge < -0.3 is 20.7 Å². The number of ether oxygens (including phenoxy) is 1. The van der Waals surface area contributed by atoms with Crippen LogP contribution in [0.15, 0.2) is 24.3 Å². The van der Waals surface area contributed by atoms with E-state index in [1.165, 1.54) is 0 Å². The molecule has 1 heterocycles. The highest BCUT2D eigenvalue weighted by atomic mass is 16.5. The number of para-hydroxylation sites is 2. The Labute approximate surface area is 144 Å². The lowest BCUT2D eigenvalue weighted by molar-refractivity contribution is -0.126. The maximum absolute atomic E-state index is 12.4. The minimum absolute atomic E-state index is 0.112. The first-order chi connectivity index (χ1) is 11.7. The summed E-state index contributed by atoms with van der Waals surface area (Å²) in [4.78, 5) is 14.7. The van der Waals surface area contributed by atoms with E-state index < -0.39 is 0 Å². The van der Waals surface area contributed by atoms with Crippen molar-refractivity contribution in [3.05, 3.63) is 24.3 Å². The third kappa shape index (κ3) is 4.01. The van der Waals surface area contributed by atoms with Gasteiger partial charge in [0, 0.05) is 31.6 Å². The monoisotopic (exact) mass is 331 g/mol. The Balaban J connectivity index is 1.49. The van der Waals surface area contributed by atoms with E-state index in [4.69, 9.17) is 10.5 Å². The third-order valence-corrected chi connectivity index (χ3v) is 5.36. The fraction of sp³-hybridized carbons (Fsp3) is 0.632. The van der Waals surface area contributed by atoms with Crippen LogP contribution in [-0.2, 0) is 4.79 Å². The maximum Gasteiger partial charge on any atom is 0.223 e. The van der Waals surface area contributed by atoms with Crippen LogP contribution in [0, 0.1) is 11.8 Å². The van der Waals surface area contributed by atoms with Gasteiger partial charge in [0.25, 0.3) is 0 Å². The van der Waals surface area contributed by atoms with Gasteiger partial charge in [-0.2, -0.15) is 0 Å². The fourth-order valence-electron chi connectivity index (χ4n) is 3.96. The second kappa shape index (κ2) is 7.88. The van der Waals surface area contributed by atoms with Crippen LogP contribution in [0.4, 0.5) is 5.69 Å². The van der Waals surface area contributed by atoms with Gasteiger partial charge in [0.2, 0.25) is 5.91 Å². The first kappa shape index (κ1) is 17.1. The second-order valence-electron chi connectivity index (χ2n) is 7.14. The van der Waals surface area contributed by atoms with Gasteiger partial charge in [0.05, 0.1) is 12.8 Å². The number of anilines is 1. The van der Waals surface area contributed by atoms with E-state index in [1.807, 2.05) is 18.2 Å². The normalized spacial score (nSPS) is 27.1. The average Bonchev–Trinajstić information content (AvgIpc) is 3.08. The molecule has 132 valence electrons. The highest BCUT2D eigenvalue weighted by Crippen LogP contribution is 2.31. The minimum Gasteiger partial charge on any atom is -0.495 e. The first-order valence-electron chi connectivity index (χ1n) is 9.08. The molecular formula is C19H29N3O2. The van der Waals surface area contributed by atoms with Gasteiger partial charge in [-0.25, -0.2) is 0 Å². The van der Waals surface area contributed by atoms with E-state index in [0.717, 1.165) is 63.2 Å². The van der Waals surface area contributed by atoms with Gasteiger partial charge in [-0.1, -0.05) is 18.6 Å². The Hall–Kier alpha value is -1.75. The van der Waals surface area contributed by atoms with E-state index in [0.29, 0.717) is 5.92 Å². The van der Waals surface area contributed by atoms with Crippen molar-refractivity contribution in [3.8, 4) is 5.75 Å². The highest BCUT2D eigenvalue weighted by Gasteiger charge is 2.28. The van der Waals surface area contributed by atoms with Crippen LogP contribution in [0.2, 0.25) is 0 Å². The van der Waals surface area contributed by atoms with E-state index >= 15 is 0 Å². The Morgan fingerprint density at radius 2 is 2.17 bits per heavy atom. The third-order valence-electron chi connectivity index (χ3n) is 5.36. The molecule has 0 radical (unpaired) electrons. The zero-order valence-corrected chi connectivity index (χ0v) is 14.5. The number of methoxy groups -OCH3 is 1. The highest BCUT2D eigenvalue weighted by molar-refractivity contribution is 5.78. The van der Waals surface area contributed by atoms with Crippen molar-refractivity contribution in [3.63, 3.8) is 0 Å². The molecular weight excluding hydrogens is 302 g/mol. The molecule has 3 atom stereocenters. The van der Waals surface area contributed by atoms with Crippen LogP contribution in [-0.4, -0.2) is 38.7 Å². The smallest absolute Gasteiger partial charge is 0.223 e. The SMILES string of the molecule is COc1ccccc1N1CC[C@H](CNC(=O)[C@H]2CCC[C@@H](N)C2)C1. The summed E-state index contributed by atoms with van der Waals surface area (Å²) in [6.45, 7) is 2.73. The lowest BCUT2D eigenvalue weighted by Crippen LogP contribution is -2.39. The maximum atomic E-state index is 12.4. The first-order valence-corrected chi connectivity index (χ1v) is 9.08. The lowest BCUT2D eigenvalue weighted by atomic mass is 9.85. The largest absolute Gasteiger partial charge is 0.495 e. The average molecular weight is 331 g/mol. The zero-order chi connectivity index (χ0) is 16.9. The summed E-state index contributed by atoms with van der Waals surface area (Å²) < 4.78 is 5.46.